The third-order valence-electron chi connectivity index (χ3n) is 5.79. The Morgan fingerprint density at radius 3 is 2.45 bits per heavy atom. The van der Waals surface area contributed by atoms with Crippen molar-refractivity contribution in [3.63, 3.8) is 0 Å². The van der Waals surface area contributed by atoms with Crippen molar-refractivity contribution in [1.29, 1.82) is 0 Å². The van der Waals surface area contributed by atoms with Crippen LogP contribution in [0.25, 0.3) is 0 Å². The Labute approximate surface area is 206 Å². The molecule has 0 aromatic heterocycles. The predicted octanol–water partition coefficient (Wildman–Crippen LogP) is 4.84. The van der Waals surface area contributed by atoms with E-state index in [1.807, 2.05) is 12.1 Å². The summed E-state index contributed by atoms with van der Waals surface area (Å²) in [5.74, 6) is -0.389. The first-order valence-corrected chi connectivity index (χ1v) is 13.8. The third kappa shape index (κ3) is 7.09. The molecule has 0 saturated carbocycles. The molecule has 1 fully saturated rings. The van der Waals surface area contributed by atoms with Crippen LogP contribution in [0.5, 0.6) is 0 Å². The average Bonchev–Trinajstić information content (AvgIpc) is 2.78. The zero-order chi connectivity index (χ0) is 24.0. The van der Waals surface area contributed by atoms with Gasteiger partial charge in [0, 0.05) is 18.1 Å². The molecule has 1 amide bonds. The molecule has 2 aromatic carbocycles. The molecule has 1 N–H and O–H groups in total. The zero-order valence-electron chi connectivity index (χ0n) is 19.1. The molecular formula is C24H31Cl2N3O3S. The van der Waals surface area contributed by atoms with Crippen LogP contribution in [0.4, 0.5) is 5.69 Å². The maximum Gasteiger partial charge on any atom is 0.244 e. The number of hydrogen-bond donors (Lipinski definition) is 1. The number of piperidine rings is 1. The van der Waals surface area contributed by atoms with Gasteiger partial charge >= 0.3 is 0 Å². The van der Waals surface area contributed by atoms with Crippen molar-refractivity contribution in [2.75, 3.05) is 23.7 Å². The molecule has 180 valence electrons. The van der Waals surface area contributed by atoms with Gasteiger partial charge in [-0.1, -0.05) is 60.8 Å². The van der Waals surface area contributed by atoms with E-state index in [4.69, 9.17) is 23.2 Å². The van der Waals surface area contributed by atoms with Crippen LogP contribution >= 0.6 is 23.2 Å². The summed E-state index contributed by atoms with van der Waals surface area (Å²) in [5.41, 5.74) is 2.37. The van der Waals surface area contributed by atoms with Gasteiger partial charge in [-0.3, -0.25) is 14.0 Å². The lowest BCUT2D eigenvalue weighted by Crippen LogP contribution is -2.49. The van der Waals surface area contributed by atoms with Crippen LogP contribution in [0, 0.1) is 0 Å². The molecule has 1 saturated heterocycles. The summed E-state index contributed by atoms with van der Waals surface area (Å²) < 4.78 is 26.4. The fourth-order valence-corrected chi connectivity index (χ4v) is 5.85. The van der Waals surface area contributed by atoms with Gasteiger partial charge in [0.1, 0.15) is 6.04 Å². The number of nitrogens with one attached hydrogen (secondary N) is 1. The highest BCUT2D eigenvalue weighted by Crippen LogP contribution is 2.33. The van der Waals surface area contributed by atoms with Crippen LogP contribution in [-0.2, 0) is 27.9 Å². The van der Waals surface area contributed by atoms with Crippen LogP contribution in [0.1, 0.15) is 43.7 Å². The number of amides is 1. The summed E-state index contributed by atoms with van der Waals surface area (Å²) in [7, 11) is -3.80. The molecule has 0 radical (unpaired) electrons. The van der Waals surface area contributed by atoms with Crippen LogP contribution in [-0.4, -0.2) is 44.6 Å². The van der Waals surface area contributed by atoms with Crippen LogP contribution in [0.15, 0.2) is 42.5 Å². The number of hydrogen-bond acceptors (Lipinski definition) is 4. The number of rotatable bonds is 9. The minimum Gasteiger partial charge on any atom is -0.350 e. The topological polar surface area (TPSA) is 69.7 Å². The van der Waals surface area contributed by atoms with Gasteiger partial charge in [-0.25, -0.2) is 8.42 Å². The van der Waals surface area contributed by atoms with Crippen LogP contribution < -0.4 is 9.62 Å². The normalized spacial score (nSPS) is 15.8. The first-order chi connectivity index (χ1) is 15.7. The Balaban J connectivity index is 1.73. The lowest BCUT2D eigenvalue weighted by Gasteiger charge is -2.31. The molecular weight excluding hydrogens is 481 g/mol. The summed E-state index contributed by atoms with van der Waals surface area (Å²) in [5, 5.41) is 3.45. The first-order valence-electron chi connectivity index (χ1n) is 11.2. The van der Waals surface area contributed by atoms with E-state index in [9.17, 15) is 13.2 Å². The van der Waals surface area contributed by atoms with E-state index in [-0.39, 0.29) is 23.0 Å². The van der Waals surface area contributed by atoms with Gasteiger partial charge in [-0.05, 0) is 61.7 Å². The molecule has 2 aromatic rings. The number of carbonyl (C=O) groups excluding carboxylic acids is 1. The summed E-state index contributed by atoms with van der Waals surface area (Å²) >= 11 is 12.4. The number of halogens is 2. The number of anilines is 1. The van der Waals surface area contributed by atoms with Crippen molar-refractivity contribution in [3.8, 4) is 0 Å². The average molecular weight is 513 g/mol. The highest BCUT2D eigenvalue weighted by Gasteiger charge is 2.32. The van der Waals surface area contributed by atoms with Gasteiger partial charge in [0.25, 0.3) is 0 Å². The van der Waals surface area contributed by atoms with Gasteiger partial charge in [-0.2, -0.15) is 0 Å². The third-order valence-corrected chi connectivity index (χ3v) is 7.51. The highest BCUT2D eigenvalue weighted by molar-refractivity contribution is 7.92. The summed E-state index contributed by atoms with van der Waals surface area (Å²) in [6.45, 7) is 5.21. The maximum absolute atomic E-state index is 13.1. The SMILES string of the molecule is CCC(C(=O)NCc1cccc(CN2CCCCC2)c1)N(c1cc(Cl)ccc1Cl)S(C)(=O)=O. The molecule has 0 aliphatic carbocycles. The minimum atomic E-state index is -3.80. The molecule has 1 atom stereocenters. The highest BCUT2D eigenvalue weighted by atomic mass is 35.5. The van der Waals surface area contributed by atoms with Gasteiger partial charge in [0.15, 0.2) is 0 Å². The molecule has 0 bridgehead atoms. The monoisotopic (exact) mass is 511 g/mol. The lowest BCUT2D eigenvalue weighted by atomic mass is 10.1. The Hall–Kier alpha value is -1.80. The van der Waals surface area contributed by atoms with Crippen molar-refractivity contribution in [1.82, 2.24) is 10.2 Å². The van der Waals surface area contributed by atoms with E-state index >= 15 is 0 Å². The van der Waals surface area contributed by atoms with E-state index in [1.54, 1.807) is 13.0 Å². The van der Waals surface area contributed by atoms with E-state index in [0.29, 0.717) is 11.6 Å². The largest absolute Gasteiger partial charge is 0.350 e. The van der Waals surface area contributed by atoms with Crippen molar-refractivity contribution in [2.45, 2.75) is 51.7 Å². The smallest absolute Gasteiger partial charge is 0.244 e. The quantitative estimate of drug-likeness (QED) is 0.522. The van der Waals surface area contributed by atoms with Crippen LogP contribution in [0.2, 0.25) is 10.0 Å². The van der Waals surface area contributed by atoms with Crippen molar-refractivity contribution in [3.05, 3.63) is 63.6 Å². The maximum atomic E-state index is 13.1. The molecule has 33 heavy (non-hydrogen) atoms. The minimum absolute atomic E-state index is 0.192. The Morgan fingerprint density at radius 2 is 1.79 bits per heavy atom. The molecule has 1 heterocycles. The number of benzene rings is 2. The number of sulfonamides is 1. The standard InChI is InChI=1S/C24H31Cl2N3O3S/c1-3-22(29(33(2,31)32)23-15-20(25)10-11-21(23)26)24(30)27-16-18-8-7-9-19(14-18)17-28-12-5-4-6-13-28/h7-11,14-15,22H,3-6,12-13,16-17H2,1-2H3,(H,27,30). The summed E-state index contributed by atoms with van der Waals surface area (Å²) in [6.07, 6.45) is 5.11. The second kappa shape index (κ2) is 11.6. The molecule has 6 nitrogen and oxygen atoms in total. The predicted molar refractivity (Wildman–Crippen MR) is 135 cm³/mol. The van der Waals surface area contributed by atoms with Crippen molar-refractivity contribution >= 4 is 44.8 Å². The van der Waals surface area contributed by atoms with E-state index in [1.165, 1.54) is 37.0 Å². The summed E-state index contributed by atoms with van der Waals surface area (Å²) in [6, 6.07) is 11.8. The molecule has 9 heteroatoms. The molecule has 1 unspecified atom stereocenters. The van der Waals surface area contributed by atoms with E-state index in [0.717, 1.165) is 35.8 Å². The molecule has 1 aliphatic heterocycles. The Bertz CT molecular complexity index is 1070. The van der Waals surface area contributed by atoms with Gasteiger partial charge < -0.3 is 5.32 Å². The van der Waals surface area contributed by atoms with Crippen LogP contribution in [0.3, 0.4) is 0 Å². The van der Waals surface area contributed by atoms with Gasteiger partial charge in [0.05, 0.1) is 17.0 Å². The van der Waals surface area contributed by atoms with Crippen molar-refractivity contribution in [2.24, 2.45) is 0 Å². The fourth-order valence-electron chi connectivity index (χ4n) is 4.21. The Morgan fingerprint density at radius 1 is 1.09 bits per heavy atom. The molecule has 1 aliphatic rings. The molecule has 3 rings (SSSR count). The zero-order valence-corrected chi connectivity index (χ0v) is 21.4. The van der Waals surface area contributed by atoms with Gasteiger partial charge in [0.2, 0.25) is 15.9 Å². The summed E-state index contributed by atoms with van der Waals surface area (Å²) in [4.78, 5) is 15.6. The van der Waals surface area contributed by atoms with E-state index in [2.05, 4.69) is 22.3 Å². The number of carbonyl (C=O) groups is 1. The van der Waals surface area contributed by atoms with E-state index < -0.39 is 16.1 Å². The Kier molecular flexibility index (Phi) is 9.04. The first kappa shape index (κ1) is 25.8. The lowest BCUT2D eigenvalue weighted by molar-refractivity contribution is -0.122. The van der Waals surface area contributed by atoms with Gasteiger partial charge in [-0.15, -0.1) is 0 Å². The fraction of sp³-hybridized carbons (Fsp3) is 0.458. The molecule has 0 spiro atoms. The number of likely N-dealkylation sites (tertiary alicyclic amines) is 1. The number of nitrogens with zero attached hydrogens (tertiary/aromatic N) is 2. The second-order valence-electron chi connectivity index (χ2n) is 8.45. The second-order valence-corrected chi connectivity index (χ2v) is 11.2. The van der Waals surface area contributed by atoms with Crippen molar-refractivity contribution < 1.29 is 13.2 Å².